The van der Waals surface area contributed by atoms with Crippen LogP contribution in [0.25, 0.3) is 6.08 Å². The molecule has 0 N–H and O–H groups in total. The van der Waals surface area contributed by atoms with Crippen LogP contribution in [0.1, 0.15) is 22.0 Å². The minimum Gasteiger partial charge on any atom is -0.486 e. The lowest BCUT2D eigenvalue weighted by Gasteiger charge is -2.03. The number of hydrogen-bond donors (Lipinski definition) is 0. The van der Waals surface area contributed by atoms with Gasteiger partial charge in [-0.2, -0.15) is 5.10 Å². The Bertz CT molecular complexity index is 863. The maximum absolute atomic E-state index is 12.8. The summed E-state index contributed by atoms with van der Waals surface area (Å²) in [5.41, 5.74) is 0.498. The maximum atomic E-state index is 12.8. The van der Waals surface area contributed by atoms with E-state index in [9.17, 15) is 9.18 Å². The Morgan fingerprint density at radius 2 is 2.04 bits per heavy atom. The molecule has 122 valence electrons. The summed E-state index contributed by atoms with van der Waals surface area (Å²) in [6.45, 7) is 0.217. The average Bonchev–Trinajstić information content (AvgIpc) is 3.21. The summed E-state index contributed by atoms with van der Waals surface area (Å²) >= 11 is 0. The van der Waals surface area contributed by atoms with E-state index in [1.165, 1.54) is 22.9 Å². The molecule has 0 aliphatic heterocycles. The molecule has 0 saturated heterocycles. The highest BCUT2D eigenvalue weighted by atomic mass is 19.1. The third-order valence-electron chi connectivity index (χ3n) is 3.35. The van der Waals surface area contributed by atoms with E-state index in [-0.39, 0.29) is 18.2 Å². The van der Waals surface area contributed by atoms with E-state index in [1.54, 1.807) is 49.7 Å². The van der Waals surface area contributed by atoms with Crippen LogP contribution in [0.15, 0.2) is 59.2 Å². The first-order valence-electron chi connectivity index (χ1n) is 7.29. The normalized spacial score (nSPS) is 11.1. The minimum atomic E-state index is -0.314. The van der Waals surface area contributed by atoms with Gasteiger partial charge in [-0.05, 0) is 54.6 Å². The summed E-state index contributed by atoms with van der Waals surface area (Å²) in [7, 11) is 1.71. The molecule has 0 amide bonds. The average molecular weight is 326 g/mol. The van der Waals surface area contributed by atoms with Crippen molar-refractivity contribution in [3.8, 4) is 5.75 Å². The quantitative estimate of drug-likeness (QED) is 0.513. The number of ether oxygens (including phenoxy) is 1. The lowest BCUT2D eigenvalue weighted by molar-refractivity contribution is 0.103. The molecular formula is C18H15FN2O3. The van der Waals surface area contributed by atoms with Gasteiger partial charge in [0.25, 0.3) is 0 Å². The summed E-state index contributed by atoms with van der Waals surface area (Å²) in [5, 5.41) is 3.95. The molecule has 0 bridgehead atoms. The zero-order valence-corrected chi connectivity index (χ0v) is 13.0. The number of carbonyl (C=O) groups is 1. The first kappa shape index (κ1) is 15.7. The van der Waals surface area contributed by atoms with E-state index in [0.717, 1.165) is 0 Å². The van der Waals surface area contributed by atoms with Gasteiger partial charge < -0.3 is 9.15 Å². The number of ketones is 1. The standard InChI is InChI=1S/C18H15FN2O3/c1-21-17(10-11-20-21)18(22)9-8-15-6-7-16(24-15)12-23-14-4-2-13(19)3-5-14/h2-11H,12H2,1H3/b9-8+. The van der Waals surface area contributed by atoms with Crippen molar-refractivity contribution in [3.05, 3.63) is 77.8 Å². The van der Waals surface area contributed by atoms with Crippen LogP contribution in [0.2, 0.25) is 0 Å². The Labute approximate surface area is 138 Å². The fourth-order valence-electron chi connectivity index (χ4n) is 2.11. The molecule has 3 aromatic rings. The molecule has 0 fully saturated rings. The van der Waals surface area contributed by atoms with E-state index in [1.807, 2.05) is 0 Å². The highest BCUT2D eigenvalue weighted by Gasteiger charge is 2.07. The molecule has 24 heavy (non-hydrogen) atoms. The van der Waals surface area contributed by atoms with E-state index < -0.39 is 0 Å². The van der Waals surface area contributed by atoms with E-state index in [0.29, 0.717) is 23.0 Å². The fourth-order valence-corrected chi connectivity index (χ4v) is 2.11. The van der Waals surface area contributed by atoms with E-state index >= 15 is 0 Å². The Morgan fingerprint density at radius 3 is 2.75 bits per heavy atom. The Kier molecular flexibility index (Phi) is 4.56. The number of aryl methyl sites for hydroxylation is 1. The topological polar surface area (TPSA) is 57.3 Å². The zero-order valence-electron chi connectivity index (χ0n) is 13.0. The number of rotatable bonds is 6. The zero-order chi connectivity index (χ0) is 16.9. The number of furan rings is 1. The summed E-state index contributed by atoms with van der Waals surface area (Å²) in [6.07, 6.45) is 4.59. The van der Waals surface area contributed by atoms with Crippen LogP contribution >= 0.6 is 0 Å². The van der Waals surface area contributed by atoms with Gasteiger partial charge in [0.15, 0.2) is 0 Å². The van der Waals surface area contributed by atoms with Crippen molar-refractivity contribution in [1.29, 1.82) is 0 Å². The summed E-state index contributed by atoms with van der Waals surface area (Å²) in [6, 6.07) is 10.9. The van der Waals surface area contributed by atoms with Gasteiger partial charge >= 0.3 is 0 Å². The minimum absolute atomic E-state index is 0.157. The predicted molar refractivity (Wildman–Crippen MR) is 86.0 cm³/mol. The van der Waals surface area contributed by atoms with Crippen LogP contribution in [0.3, 0.4) is 0 Å². The molecule has 3 rings (SSSR count). The monoisotopic (exact) mass is 326 g/mol. The van der Waals surface area contributed by atoms with Crippen molar-refractivity contribution in [2.24, 2.45) is 7.05 Å². The lowest BCUT2D eigenvalue weighted by Crippen LogP contribution is -2.03. The van der Waals surface area contributed by atoms with Crippen molar-refractivity contribution in [2.75, 3.05) is 0 Å². The number of carbonyl (C=O) groups excluding carboxylic acids is 1. The second-order valence-corrected chi connectivity index (χ2v) is 5.08. The SMILES string of the molecule is Cn1nccc1C(=O)/C=C/c1ccc(COc2ccc(F)cc2)o1. The third-order valence-corrected chi connectivity index (χ3v) is 3.35. The maximum Gasteiger partial charge on any atom is 0.203 e. The summed E-state index contributed by atoms with van der Waals surface area (Å²) in [4.78, 5) is 12.0. The molecule has 0 radical (unpaired) electrons. The number of benzene rings is 1. The predicted octanol–water partition coefficient (Wildman–Crippen LogP) is 3.63. The summed E-state index contributed by atoms with van der Waals surface area (Å²) < 4.78 is 25.4. The molecule has 0 aliphatic rings. The van der Waals surface area contributed by atoms with Gasteiger partial charge in [-0.15, -0.1) is 0 Å². The van der Waals surface area contributed by atoms with Gasteiger partial charge in [-0.3, -0.25) is 9.48 Å². The third kappa shape index (κ3) is 3.78. The first-order chi connectivity index (χ1) is 11.6. The molecule has 1 aromatic carbocycles. The number of halogens is 1. The van der Waals surface area contributed by atoms with Crippen LogP contribution in [-0.4, -0.2) is 15.6 Å². The van der Waals surface area contributed by atoms with Gasteiger partial charge in [0.05, 0.1) is 0 Å². The second-order valence-electron chi connectivity index (χ2n) is 5.08. The Hall–Kier alpha value is -3.15. The van der Waals surface area contributed by atoms with Gasteiger partial charge in [-0.25, -0.2) is 4.39 Å². The number of allylic oxidation sites excluding steroid dienone is 1. The Morgan fingerprint density at radius 1 is 1.25 bits per heavy atom. The molecule has 2 heterocycles. The smallest absolute Gasteiger partial charge is 0.203 e. The van der Waals surface area contributed by atoms with Crippen molar-refractivity contribution in [3.63, 3.8) is 0 Å². The van der Waals surface area contributed by atoms with Gasteiger partial charge in [0.2, 0.25) is 5.78 Å². The molecule has 0 spiro atoms. The van der Waals surface area contributed by atoms with Crippen molar-refractivity contribution in [2.45, 2.75) is 6.61 Å². The highest BCUT2D eigenvalue weighted by Crippen LogP contribution is 2.16. The molecule has 0 unspecified atom stereocenters. The van der Waals surface area contributed by atoms with Crippen LogP contribution in [0, 0.1) is 5.82 Å². The van der Waals surface area contributed by atoms with Crippen molar-refractivity contribution >= 4 is 11.9 Å². The lowest BCUT2D eigenvalue weighted by atomic mass is 10.2. The number of nitrogens with zero attached hydrogens (tertiary/aromatic N) is 2. The number of hydrogen-bond acceptors (Lipinski definition) is 4. The van der Waals surface area contributed by atoms with E-state index in [4.69, 9.17) is 9.15 Å². The first-order valence-corrected chi connectivity index (χ1v) is 7.29. The molecule has 6 heteroatoms. The van der Waals surface area contributed by atoms with Crippen LogP contribution < -0.4 is 4.74 Å². The fraction of sp³-hybridized carbons (Fsp3) is 0.111. The van der Waals surface area contributed by atoms with Crippen LogP contribution in [-0.2, 0) is 13.7 Å². The summed E-state index contributed by atoms with van der Waals surface area (Å²) in [5.74, 6) is 1.23. The van der Waals surface area contributed by atoms with Crippen LogP contribution in [0.4, 0.5) is 4.39 Å². The van der Waals surface area contributed by atoms with Gasteiger partial charge in [-0.1, -0.05) is 0 Å². The van der Waals surface area contributed by atoms with Crippen molar-refractivity contribution < 1.29 is 18.3 Å². The van der Waals surface area contributed by atoms with Gasteiger partial charge in [0.1, 0.15) is 35.4 Å². The van der Waals surface area contributed by atoms with Gasteiger partial charge in [0, 0.05) is 13.2 Å². The molecule has 5 nitrogen and oxygen atoms in total. The molecule has 0 saturated carbocycles. The Balaban J connectivity index is 1.59. The largest absolute Gasteiger partial charge is 0.486 e. The molecule has 0 atom stereocenters. The van der Waals surface area contributed by atoms with E-state index in [2.05, 4.69) is 5.10 Å². The van der Waals surface area contributed by atoms with Crippen LogP contribution in [0.5, 0.6) is 5.75 Å². The highest BCUT2D eigenvalue weighted by molar-refractivity contribution is 6.05. The molecule has 2 aromatic heterocycles. The molecule has 0 aliphatic carbocycles. The second kappa shape index (κ2) is 6.95. The molecular weight excluding hydrogens is 311 g/mol. The van der Waals surface area contributed by atoms with Crippen molar-refractivity contribution in [1.82, 2.24) is 9.78 Å². The number of aromatic nitrogens is 2.